The van der Waals surface area contributed by atoms with E-state index < -0.39 is 41.3 Å². The summed E-state index contributed by atoms with van der Waals surface area (Å²) in [5.74, 6) is -2.59. The second-order valence-electron chi connectivity index (χ2n) is 15.3. The number of nitrogens with two attached hydrogens (primary N) is 1. The first-order valence-electron chi connectivity index (χ1n) is 17.6. The lowest BCUT2D eigenvalue weighted by Crippen LogP contribution is -2.62. The number of amides is 5. The Morgan fingerprint density at radius 2 is 1.70 bits per heavy atom. The monoisotopic (exact) mass is 646 g/mol. The van der Waals surface area contributed by atoms with E-state index in [9.17, 15) is 24.0 Å². The Balaban J connectivity index is 1.21. The third-order valence-corrected chi connectivity index (χ3v) is 11.7. The van der Waals surface area contributed by atoms with Crippen molar-refractivity contribution in [3.63, 3.8) is 0 Å². The predicted molar refractivity (Wildman–Crippen MR) is 175 cm³/mol. The summed E-state index contributed by atoms with van der Waals surface area (Å²) in [6, 6.07) is 0.961. The van der Waals surface area contributed by atoms with Crippen LogP contribution in [0.1, 0.15) is 90.0 Å². The quantitative estimate of drug-likeness (QED) is 0.201. The number of allylic oxidation sites excluding steroid dienone is 2. The Bertz CT molecular complexity index is 1390. The number of likely N-dealkylation sites (tertiary alicyclic amines) is 1. The lowest BCUT2D eigenvalue weighted by Gasteiger charge is -2.40. The van der Waals surface area contributed by atoms with Gasteiger partial charge in [-0.15, -0.1) is 0 Å². The van der Waals surface area contributed by atoms with Crippen molar-refractivity contribution in [3.05, 3.63) is 42.2 Å². The van der Waals surface area contributed by atoms with Crippen LogP contribution in [0, 0.1) is 29.1 Å². The maximum absolute atomic E-state index is 14.6. The van der Waals surface area contributed by atoms with Gasteiger partial charge in [0.1, 0.15) is 12.1 Å². The van der Waals surface area contributed by atoms with Gasteiger partial charge >= 0.3 is 6.03 Å². The van der Waals surface area contributed by atoms with Crippen LogP contribution < -0.4 is 21.7 Å². The van der Waals surface area contributed by atoms with Gasteiger partial charge in [0.05, 0.1) is 6.04 Å². The third-order valence-electron chi connectivity index (χ3n) is 11.7. The molecule has 1 aromatic heterocycles. The van der Waals surface area contributed by atoms with Crippen LogP contribution in [-0.4, -0.2) is 69.6 Å². The molecule has 5 amide bonds. The number of aromatic nitrogens is 1. The van der Waals surface area contributed by atoms with Gasteiger partial charge in [-0.25, -0.2) is 4.79 Å². The van der Waals surface area contributed by atoms with Gasteiger partial charge in [-0.3, -0.25) is 24.2 Å². The minimum absolute atomic E-state index is 0.0269. The van der Waals surface area contributed by atoms with Crippen molar-refractivity contribution in [1.82, 2.24) is 25.8 Å². The average molecular weight is 647 g/mol. The summed E-state index contributed by atoms with van der Waals surface area (Å²) in [5, 5.41) is 9.25. The van der Waals surface area contributed by atoms with Crippen LogP contribution in [0.3, 0.4) is 0 Å². The van der Waals surface area contributed by atoms with Gasteiger partial charge in [0.15, 0.2) is 0 Å². The van der Waals surface area contributed by atoms with E-state index in [1.54, 1.807) is 11.1 Å². The molecule has 1 aromatic rings. The second-order valence-corrected chi connectivity index (χ2v) is 15.3. The van der Waals surface area contributed by atoms with Crippen molar-refractivity contribution in [2.45, 2.75) is 115 Å². The highest BCUT2D eigenvalue weighted by Gasteiger charge is 2.69. The third kappa shape index (κ3) is 7.23. The number of fused-ring (bicyclic) bond motifs is 1. The minimum Gasteiger partial charge on any atom is -0.363 e. The molecule has 0 spiro atoms. The molecule has 11 heteroatoms. The first-order chi connectivity index (χ1) is 22.5. The van der Waals surface area contributed by atoms with Gasteiger partial charge in [-0.05, 0) is 79.2 Å². The number of piperidine rings is 1. The number of Topliss-reactive ketones (excluding diaryl/α,β-unsaturated/α-hetero) is 1. The van der Waals surface area contributed by atoms with Crippen molar-refractivity contribution >= 4 is 29.5 Å². The first-order valence-corrected chi connectivity index (χ1v) is 17.6. The lowest BCUT2D eigenvalue weighted by atomic mass is 9.77. The Morgan fingerprint density at radius 3 is 2.34 bits per heavy atom. The fourth-order valence-electron chi connectivity index (χ4n) is 8.89. The number of hydrogen-bond acceptors (Lipinski definition) is 6. The molecule has 0 bridgehead atoms. The summed E-state index contributed by atoms with van der Waals surface area (Å²) in [5.41, 5.74) is 5.82. The summed E-state index contributed by atoms with van der Waals surface area (Å²) >= 11 is 0. The van der Waals surface area contributed by atoms with E-state index in [1.165, 1.54) is 0 Å². The molecule has 0 aromatic carbocycles. The number of primary amides is 1. The summed E-state index contributed by atoms with van der Waals surface area (Å²) in [6.45, 7) is 4.60. The Labute approximate surface area is 277 Å². The zero-order valence-corrected chi connectivity index (χ0v) is 27.7. The second kappa shape index (κ2) is 13.4. The molecular weight excluding hydrogens is 596 g/mol. The number of nitrogens with zero attached hydrogens (tertiary/aromatic N) is 2. The SMILES string of the molecule is CC1(C)C2[C@@H](C(=O)NC(CC3C=C3)C(=O)C(N)=O)N(C(=O)[C@@H](NC(=O)NC3(Cc4cccnc4)CCCCC3)C3CCCCC3)C[C@@H]21. The number of carbonyl (C=O) groups excluding carboxylic acids is 5. The Kier molecular flexibility index (Phi) is 9.45. The van der Waals surface area contributed by atoms with Crippen LogP contribution in [0.4, 0.5) is 4.79 Å². The first kappa shape index (κ1) is 33.2. The van der Waals surface area contributed by atoms with E-state index in [-0.39, 0.29) is 47.4 Å². The number of pyridine rings is 1. The minimum atomic E-state index is -1.09. The number of hydrogen-bond donors (Lipinski definition) is 4. The molecule has 5 N–H and O–H groups in total. The average Bonchev–Trinajstić information content (AvgIpc) is 3.91. The summed E-state index contributed by atoms with van der Waals surface area (Å²) in [4.78, 5) is 72.9. The van der Waals surface area contributed by atoms with Gasteiger partial charge in [0, 0.05) is 24.5 Å². The highest BCUT2D eigenvalue weighted by atomic mass is 16.2. The van der Waals surface area contributed by atoms with E-state index in [0.717, 1.165) is 69.8 Å². The zero-order chi connectivity index (χ0) is 33.3. The van der Waals surface area contributed by atoms with E-state index in [1.807, 2.05) is 30.5 Å². The van der Waals surface area contributed by atoms with Crippen molar-refractivity contribution in [2.24, 2.45) is 34.8 Å². The number of urea groups is 1. The maximum atomic E-state index is 14.6. The molecule has 1 aliphatic heterocycles. The van der Waals surface area contributed by atoms with Crippen LogP contribution >= 0.6 is 0 Å². The summed E-state index contributed by atoms with van der Waals surface area (Å²) in [6.07, 6.45) is 17.9. The van der Waals surface area contributed by atoms with Gasteiger partial charge < -0.3 is 26.6 Å². The Hall–Kier alpha value is -3.76. The normalized spacial score (nSPS) is 27.2. The van der Waals surface area contributed by atoms with Crippen LogP contribution in [0.15, 0.2) is 36.7 Å². The molecule has 3 saturated carbocycles. The van der Waals surface area contributed by atoms with E-state index >= 15 is 0 Å². The van der Waals surface area contributed by atoms with Gasteiger partial charge in [0.2, 0.25) is 17.6 Å². The molecule has 47 heavy (non-hydrogen) atoms. The number of rotatable bonds is 12. The number of ketones is 1. The molecule has 4 fully saturated rings. The van der Waals surface area contributed by atoms with Crippen LogP contribution in [-0.2, 0) is 25.6 Å². The van der Waals surface area contributed by atoms with E-state index in [2.05, 4.69) is 34.8 Å². The molecule has 5 atom stereocenters. The van der Waals surface area contributed by atoms with Gasteiger partial charge in [0.25, 0.3) is 5.91 Å². The van der Waals surface area contributed by atoms with Crippen molar-refractivity contribution in [2.75, 3.05) is 6.54 Å². The number of nitrogens with one attached hydrogen (secondary N) is 3. The summed E-state index contributed by atoms with van der Waals surface area (Å²) in [7, 11) is 0. The molecule has 6 rings (SSSR count). The van der Waals surface area contributed by atoms with Crippen LogP contribution in [0.25, 0.3) is 0 Å². The molecule has 254 valence electrons. The van der Waals surface area contributed by atoms with Crippen LogP contribution in [0.5, 0.6) is 0 Å². The highest BCUT2D eigenvalue weighted by Crippen LogP contribution is 2.65. The zero-order valence-electron chi connectivity index (χ0n) is 27.7. The molecular formula is C36H50N6O5. The van der Waals surface area contributed by atoms with Crippen molar-refractivity contribution in [1.29, 1.82) is 0 Å². The summed E-state index contributed by atoms with van der Waals surface area (Å²) < 4.78 is 0. The molecule has 11 nitrogen and oxygen atoms in total. The highest BCUT2D eigenvalue weighted by molar-refractivity contribution is 6.37. The van der Waals surface area contributed by atoms with E-state index in [4.69, 9.17) is 5.73 Å². The Morgan fingerprint density at radius 1 is 1.00 bits per heavy atom. The maximum Gasteiger partial charge on any atom is 0.315 e. The molecule has 2 unspecified atom stereocenters. The fraction of sp³-hybridized carbons (Fsp3) is 0.667. The van der Waals surface area contributed by atoms with Gasteiger partial charge in [-0.1, -0.05) is 70.6 Å². The van der Waals surface area contributed by atoms with Crippen LogP contribution in [0.2, 0.25) is 0 Å². The predicted octanol–water partition coefficient (Wildman–Crippen LogP) is 3.17. The molecule has 4 aliphatic carbocycles. The molecule has 1 saturated heterocycles. The fourth-order valence-corrected chi connectivity index (χ4v) is 8.89. The molecule has 0 radical (unpaired) electrons. The van der Waals surface area contributed by atoms with Crippen molar-refractivity contribution in [3.8, 4) is 0 Å². The molecule has 5 aliphatic rings. The largest absolute Gasteiger partial charge is 0.363 e. The topological polar surface area (TPSA) is 164 Å². The smallest absolute Gasteiger partial charge is 0.315 e. The lowest BCUT2D eigenvalue weighted by molar-refractivity contribution is -0.144. The van der Waals surface area contributed by atoms with E-state index in [0.29, 0.717) is 13.0 Å². The molecule has 2 heterocycles. The number of carbonyl (C=O) groups is 5. The van der Waals surface area contributed by atoms with Gasteiger partial charge in [-0.2, -0.15) is 0 Å². The standard InChI is InChI=1S/C36H50N6O5/c1-35(2)25-21-42(29(27(25)35)32(45)39-26(18-22-13-14-22)30(43)31(37)44)33(46)28(24-11-5-3-6-12-24)40-34(47)41-36(15-7-4-8-16-36)19-23-10-9-17-38-20-23/h9-10,13-14,17,20,22,24-29H,3-8,11-12,15-16,18-19,21H2,1-2H3,(H2,37,44)(H,39,45)(H2,40,41,47)/t25-,26?,27?,28-,29-/m0/s1. The van der Waals surface area contributed by atoms with Crippen molar-refractivity contribution < 1.29 is 24.0 Å².